The van der Waals surface area contributed by atoms with Gasteiger partial charge in [0.05, 0.1) is 4.88 Å². The Kier molecular flexibility index (Phi) is 9.65. The number of rotatable bonds is 10. The average molecular weight is 509 g/mol. The van der Waals surface area contributed by atoms with Crippen LogP contribution in [0.15, 0.2) is 66.9 Å². The molecule has 0 aliphatic heterocycles. The smallest absolute Gasteiger partial charge is 0.123 e. The number of aryl methyl sites for hydroxylation is 1. The minimum absolute atomic E-state index is 0.629. The maximum atomic E-state index is 5.82. The molecule has 0 radical (unpaired) electrons. The summed E-state index contributed by atoms with van der Waals surface area (Å²) in [6, 6.07) is 21.6. The molecule has 0 bridgehead atoms. The quantitative estimate of drug-likeness (QED) is 0.252. The number of thiazole rings is 1. The zero-order chi connectivity index (χ0) is 26.0. The van der Waals surface area contributed by atoms with Gasteiger partial charge in [0.25, 0.3) is 0 Å². The van der Waals surface area contributed by atoms with Crippen LogP contribution in [0.25, 0.3) is 21.0 Å². The fourth-order valence-corrected chi connectivity index (χ4v) is 5.42. The first kappa shape index (κ1) is 26.8. The van der Waals surface area contributed by atoms with Crippen LogP contribution in [0.1, 0.15) is 46.7 Å². The lowest BCUT2D eigenvalue weighted by Crippen LogP contribution is -2.06. The Hall–Kier alpha value is -3.27. The van der Waals surface area contributed by atoms with Gasteiger partial charge < -0.3 is 17.2 Å². The van der Waals surface area contributed by atoms with Crippen molar-refractivity contribution >= 4 is 11.3 Å². The van der Waals surface area contributed by atoms with Crippen molar-refractivity contribution in [1.82, 2.24) is 4.98 Å². The SMILES string of the molecule is CCCc1cc(C#Cc2cccc(-c3ncc(-c4cc(CCN)cc(CCN)c4)s3)c2)cc(CCN)c1. The van der Waals surface area contributed by atoms with Crippen LogP contribution in [0.2, 0.25) is 0 Å². The van der Waals surface area contributed by atoms with Crippen LogP contribution >= 0.6 is 11.3 Å². The Bertz CT molecular complexity index is 1340. The maximum absolute atomic E-state index is 5.82. The van der Waals surface area contributed by atoms with Crippen molar-refractivity contribution in [2.45, 2.75) is 39.0 Å². The number of nitrogens with two attached hydrogens (primary N) is 3. The van der Waals surface area contributed by atoms with Crippen LogP contribution in [0.4, 0.5) is 0 Å². The van der Waals surface area contributed by atoms with Crippen LogP contribution in [-0.4, -0.2) is 24.6 Å². The average Bonchev–Trinajstić information content (AvgIpc) is 3.39. The molecule has 0 saturated heterocycles. The Labute approximate surface area is 224 Å². The van der Waals surface area contributed by atoms with Gasteiger partial charge in [0.1, 0.15) is 5.01 Å². The van der Waals surface area contributed by atoms with Crippen LogP contribution in [0.3, 0.4) is 0 Å². The lowest BCUT2D eigenvalue weighted by Gasteiger charge is -2.07. The number of benzene rings is 3. The molecule has 0 unspecified atom stereocenters. The zero-order valence-corrected chi connectivity index (χ0v) is 22.4. The zero-order valence-electron chi connectivity index (χ0n) is 21.6. The molecule has 0 fully saturated rings. The third-order valence-corrected chi connectivity index (χ3v) is 7.29. The molecule has 4 nitrogen and oxygen atoms in total. The summed E-state index contributed by atoms with van der Waals surface area (Å²) in [4.78, 5) is 5.89. The van der Waals surface area contributed by atoms with Gasteiger partial charge in [-0.15, -0.1) is 11.3 Å². The van der Waals surface area contributed by atoms with Gasteiger partial charge in [0.15, 0.2) is 0 Å². The van der Waals surface area contributed by atoms with E-state index in [2.05, 4.69) is 79.4 Å². The minimum atomic E-state index is 0.629. The van der Waals surface area contributed by atoms with E-state index in [9.17, 15) is 0 Å². The number of hydrogen-bond donors (Lipinski definition) is 3. The second-order valence-corrected chi connectivity index (χ2v) is 10.3. The van der Waals surface area contributed by atoms with Gasteiger partial charge in [-0.2, -0.15) is 0 Å². The van der Waals surface area contributed by atoms with Gasteiger partial charge >= 0.3 is 0 Å². The van der Waals surface area contributed by atoms with Gasteiger partial charge in [-0.3, -0.25) is 0 Å². The molecule has 0 aliphatic rings. The Morgan fingerprint density at radius 1 is 0.676 bits per heavy atom. The molecular weight excluding hydrogens is 472 g/mol. The minimum Gasteiger partial charge on any atom is -0.330 e. The molecule has 37 heavy (non-hydrogen) atoms. The summed E-state index contributed by atoms with van der Waals surface area (Å²) in [5, 5.41) is 0.985. The van der Waals surface area contributed by atoms with E-state index in [1.54, 1.807) is 11.3 Å². The first-order chi connectivity index (χ1) is 18.1. The number of nitrogens with zero attached hydrogens (tertiary/aromatic N) is 1. The summed E-state index contributed by atoms with van der Waals surface area (Å²) < 4.78 is 0. The lowest BCUT2D eigenvalue weighted by molar-refractivity contribution is 0.908. The number of hydrogen-bond acceptors (Lipinski definition) is 5. The molecule has 0 amide bonds. The standard InChI is InChI=1S/C32H36N4S/c1-2-4-24-15-25(17-26(16-24)9-12-33)8-7-23-5-3-6-29(19-23)32-36-22-31(37-32)30-20-27(10-13-34)18-28(21-30)11-14-35/h3,5-6,15-22H,2,4,9-14,33-35H2,1H3. The van der Waals surface area contributed by atoms with Crippen LogP contribution in [-0.2, 0) is 25.7 Å². The van der Waals surface area contributed by atoms with E-state index >= 15 is 0 Å². The maximum Gasteiger partial charge on any atom is 0.123 e. The van der Waals surface area contributed by atoms with Crippen molar-refractivity contribution in [3.8, 4) is 32.9 Å². The summed E-state index contributed by atoms with van der Waals surface area (Å²) in [6.07, 6.45) is 6.71. The molecule has 6 N–H and O–H groups in total. The van der Waals surface area contributed by atoms with Crippen molar-refractivity contribution in [2.24, 2.45) is 17.2 Å². The van der Waals surface area contributed by atoms with E-state index in [1.807, 2.05) is 6.20 Å². The molecule has 0 saturated carbocycles. The summed E-state index contributed by atoms with van der Waals surface area (Å²) in [5.74, 6) is 6.74. The molecule has 0 atom stereocenters. The normalized spacial score (nSPS) is 10.8. The summed E-state index contributed by atoms with van der Waals surface area (Å²) >= 11 is 1.70. The van der Waals surface area contributed by atoms with E-state index < -0.39 is 0 Å². The van der Waals surface area contributed by atoms with Gasteiger partial charge in [-0.25, -0.2) is 4.98 Å². The monoisotopic (exact) mass is 508 g/mol. The van der Waals surface area contributed by atoms with E-state index in [1.165, 1.54) is 27.8 Å². The van der Waals surface area contributed by atoms with Gasteiger partial charge in [-0.05, 0) is 97.4 Å². The van der Waals surface area contributed by atoms with Crippen LogP contribution in [0.5, 0.6) is 0 Å². The summed E-state index contributed by atoms with van der Waals surface area (Å²) in [5.41, 5.74) is 26.8. The molecule has 190 valence electrons. The predicted octanol–water partition coefficient (Wildman–Crippen LogP) is 5.33. The Balaban J connectivity index is 1.60. The molecule has 4 aromatic rings. The molecular formula is C32H36N4S. The van der Waals surface area contributed by atoms with Gasteiger partial charge in [0.2, 0.25) is 0 Å². The summed E-state index contributed by atoms with van der Waals surface area (Å²) in [7, 11) is 0. The van der Waals surface area contributed by atoms with E-state index in [0.717, 1.165) is 58.7 Å². The molecule has 0 aliphatic carbocycles. The predicted molar refractivity (Wildman–Crippen MR) is 158 cm³/mol. The molecule has 4 rings (SSSR count). The molecule has 3 aromatic carbocycles. The highest BCUT2D eigenvalue weighted by molar-refractivity contribution is 7.18. The molecule has 5 heteroatoms. The van der Waals surface area contributed by atoms with Crippen LogP contribution in [0, 0.1) is 11.8 Å². The Morgan fingerprint density at radius 2 is 1.27 bits per heavy atom. The summed E-state index contributed by atoms with van der Waals surface area (Å²) in [6.45, 7) is 4.10. The third kappa shape index (κ3) is 7.38. The number of aromatic nitrogens is 1. The Morgan fingerprint density at radius 3 is 1.89 bits per heavy atom. The fourth-order valence-electron chi connectivity index (χ4n) is 4.52. The van der Waals surface area contributed by atoms with E-state index in [4.69, 9.17) is 22.2 Å². The van der Waals surface area contributed by atoms with E-state index in [0.29, 0.717) is 19.6 Å². The van der Waals surface area contributed by atoms with E-state index in [-0.39, 0.29) is 0 Å². The largest absolute Gasteiger partial charge is 0.330 e. The second-order valence-electron chi connectivity index (χ2n) is 9.30. The highest BCUT2D eigenvalue weighted by Gasteiger charge is 2.10. The molecule has 1 heterocycles. The topological polar surface area (TPSA) is 90.9 Å². The molecule has 0 spiro atoms. The van der Waals surface area contributed by atoms with Crippen molar-refractivity contribution in [3.05, 3.63) is 100 Å². The highest BCUT2D eigenvalue weighted by Crippen LogP contribution is 2.33. The highest BCUT2D eigenvalue weighted by atomic mass is 32.1. The van der Waals surface area contributed by atoms with Crippen molar-refractivity contribution < 1.29 is 0 Å². The van der Waals surface area contributed by atoms with Crippen molar-refractivity contribution in [1.29, 1.82) is 0 Å². The second kappa shape index (κ2) is 13.3. The lowest BCUT2D eigenvalue weighted by atomic mass is 10.0. The molecule has 1 aromatic heterocycles. The van der Waals surface area contributed by atoms with Gasteiger partial charge in [-0.1, -0.05) is 61.6 Å². The van der Waals surface area contributed by atoms with Gasteiger partial charge in [0, 0.05) is 22.9 Å². The fraction of sp³-hybridized carbons (Fsp3) is 0.281. The van der Waals surface area contributed by atoms with Crippen LogP contribution < -0.4 is 17.2 Å². The van der Waals surface area contributed by atoms with Crippen molar-refractivity contribution in [2.75, 3.05) is 19.6 Å². The first-order valence-corrected chi connectivity index (χ1v) is 13.9. The van der Waals surface area contributed by atoms with Crippen molar-refractivity contribution in [3.63, 3.8) is 0 Å². The first-order valence-electron chi connectivity index (χ1n) is 13.1. The third-order valence-electron chi connectivity index (χ3n) is 6.19.